The first-order valence-electron chi connectivity index (χ1n) is 11.3. The van der Waals surface area contributed by atoms with Crippen LogP contribution in [0.2, 0.25) is 5.02 Å². The third kappa shape index (κ3) is 5.00. The Kier molecular flexibility index (Phi) is 7.33. The Morgan fingerprint density at radius 2 is 1.91 bits per heavy atom. The van der Waals surface area contributed by atoms with Crippen LogP contribution in [0.5, 0.6) is 0 Å². The smallest absolute Gasteiger partial charge is 0.256 e. The predicted octanol–water partition coefficient (Wildman–Crippen LogP) is 5.31. The van der Waals surface area contributed by atoms with E-state index in [-0.39, 0.29) is 35.1 Å². The zero-order valence-electron chi connectivity index (χ0n) is 19.5. The van der Waals surface area contributed by atoms with Gasteiger partial charge < -0.3 is 10.2 Å². The van der Waals surface area contributed by atoms with Crippen LogP contribution in [0.15, 0.2) is 24.4 Å². The van der Waals surface area contributed by atoms with Gasteiger partial charge in [-0.25, -0.2) is 18.3 Å². The molecular weight excluding hydrogens is 591 g/mol. The standard InChI is InChI=1S/C24H25ClF2IN5O2/c1-4-32(19-11-18(27)17(26)10-16(19)25)23(35)24(3)7-5-14(6-8-24)30-22(34)15-12-29-33-13(2)9-20(28)31-21(15)33/h9-12,14H,4-8H2,1-3H3,(H,30,34)/t14-,24-. The molecule has 1 aromatic carbocycles. The van der Waals surface area contributed by atoms with Gasteiger partial charge in [0.15, 0.2) is 17.3 Å². The minimum Gasteiger partial charge on any atom is -0.349 e. The Balaban J connectivity index is 1.45. The molecule has 0 radical (unpaired) electrons. The first kappa shape index (κ1) is 25.7. The number of amides is 2. The summed E-state index contributed by atoms with van der Waals surface area (Å²) in [5.74, 6) is -2.57. The van der Waals surface area contributed by atoms with Crippen molar-refractivity contribution < 1.29 is 18.4 Å². The summed E-state index contributed by atoms with van der Waals surface area (Å²) in [4.78, 5) is 32.3. The maximum absolute atomic E-state index is 13.9. The molecule has 1 aliphatic rings. The van der Waals surface area contributed by atoms with Gasteiger partial charge in [-0.05, 0) is 74.3 Å². The van der Waals surface area contributed by atoms with Crippen LogP contribution in [0.3, 0.4) is 0 Å². The number of rotatable bonds is 5. The second-order valence-electron chi connectivity index (χ2n) is 9.09. The Morgan fingerprint density at radius 1 is 1.26 bits per heavy atom. The maximum Gasteiger partial charge on any atom is 0.256 e. The third-order valence-corrected chi connectivity index (χ3v) is 7.50. The second-order valence-corrected chi connectivity index (χ2v) is 10.6. The molecule has 11 heteroatoms. The molecular formula is C24H25ClF2IN5O2. The lowest BCUT2D eigenvalue weighted by Gasteiger charge is -2.39. The normalized spacial score (nSPS) is 20.1. The Hall–Kier alpha value is -2.34. The minimum absolute atomic E-state index is 0.0180. The third-order valence-electron chi connectivity index (χ3n) is 6.65. The van der Waals surface area contributed by atoms with Gasteiger partial charge in [0.25, 0.3) is 5.91 Å². The van der Waals surface area contributed by atoms with E-state index < -0.39 is 17.0 Å². The number of hydrogen-bond donors (Lipinski definition) is 1. The molecule has 2 heterocycles. The van der Waals surface area contributed by atoms with Crippen molar-refractivity contribution >= 4 is 57.3 Å². The molecule has 7 nitrogen and oxygen atoms in total. The average Bonchev–Trinajstić information content (AvgIpc) is 3.23. The first-order chi connectivity index (χ1) is 16.5. The summed E-state index contributed by atoms with van der Waals surface area (Å²) < 4.78 is 29.8. The number of halogens is 4. The molecule has 186 valence electrons. The molecule has 2 aromatic heterocycles. The summed E-state index contributed by atoms with van der Waals surface area (Å²) in [5, 5.41) is 7.31. The molecule has 1 fully saturated rings. The van der Waals surface area contributed by atoms with Gasteiger partial charge in [-0.3, -0.25) is 9.59 Å². The van der Waals surface area contributed by atoms with E-state index in [1.807, 2.05) is 19.9 Å². The van der Waals surface area contributed by atoms with Crippen LogP contribution in [0, 0.1) is 27.7 Å². The second kappa shape index (κ2) is 9.96. The molecule has 35 heavy (non-hydrogen) atoms. The van der Waals surface area contributed by atoms with Crippen molar-refractivity contribution in [3.05, 3.63) is 56.0 Å². The van der Waals surface area contributed by atoms with Gasteiger partial charge >= 0.3 is 0 Å². The predicted molar refractivity (Wildman–Crippen MR) is 138 cm³/mol. The van der Waals surface area contributed by atoms with Crippen LogP contribution in [-0.2, 0) is 4.79 Å². The SMILES string of the molecule is CCN(c1cc(F)c(F)cc1Cl)C(=O)[C@]1(C)CC[C@@H](NC(=O)c2cnn3c(C)cc(I)nc23)CC1. The number of hydrogen-bond acceptors (Lipinski definition) is 4. The van der Waals surface area contributed by atoms with Crippen molar-refractivity contribution in [3.63, 3.8) is 0 Å². The summed E-state index contributed by atoms with van der Waals surface area (Å²) in [6.07, 6.45) is 3.76. The lowest BCUT2D eigenvalue weighted by Crippen LogP contribution is -2.47. The topological polar surface area (TPSA) is 79.6 Å². The number of carbonyl (C=O) groups excluding carboxylic acids is 2. The van der Waals surface area contributed by atoms with Crippen molar-refractivity contribution in [1.29, 1.82) is 0 Å². The maximum atomic E-state index is 13.9. The van der Waals surface area contributed by atoms with E-state index in [1.54, 1.807) is 11.4 Å². The molecule has 1 aliphatic carbocycles. The van der Waals surface area contributed by atoms with Gasteiger partial charge in [-0.2, -0.15) is 5.10 Å². The number of aromatic nitrogens is 3. The molecule has 0 aliphatic heterocycles. The number of carbonyl (C=O) groups is 2. The van der Waals surface area contributed by atoms with Crippen molar-refractivity contribution in [1.82, 2.24) is 19.9 Å². The highest BCUT2D eigenvalue weighted by Crippen LogP contribution is 2.40. The number of fused-ring (bicyclic) bond motifs is 1. The molecule has 3 aromatic rings. The van der Waals surface area contributed by atoms with E-state index in [0.29, 0.717) is 36.9 Å². The monoisotopic (exact) mass is 615 g/mol. The quantitative estimate of drug-likeness (QED) is 0.240. The highest BCUT2D eigenvalue weighted by Gasteiger charge is 2.41. The zero-order chi connectivity index (χ0) is 25.5. The van der Waals surface area contributed by atoms with E-state index in [0.717, 1.165) is 21.5 Å². The van der Waals surface area contributed by atoms with E-state index in [4.69, 9.17) is 11.6 Å². The van der Waals surface area contributed by atoms with Crippen LogP contribution in [0.1, 0.15) is 55.6 Å². The van der Waals surface area contributed by atoms with Crippen molar-refractivity contribution in [2.45, 2.75) is 52.5 Å². The van der Waals surface area contributed by atoms with Crippen LogP contribution in [-0.4, -0.2) is 39.0 Å². The van der Waals surface area contributed by atoms with Crippen LogP contribution >= 0.6 is 34.2 Å². The van der Waals surface area contributed by atoms with Crippen LogP contribution < -0.4 is 10.2 Å². The number of aryl methyl sites for hydroxylation is 1. The lowest BCUT2D eigenvalue weighted by atomic mass is 9.72. The molecule has 0 bridgehead atoms. The highest BCUT2D eigenvalue weighted by molar-refractivity contribution is 14.1. The fourth-order valence-electron chi connectivity index (χ4n) is 4.58. The Bertz CT molecular complexity index is 1310. The number of anilines is 1. The Labute approximate surface area is 220 Å². The molecule has 0 atom stereocenters. The molecule has 4 rings (SSSR count). The van der Waals surface area contributed by atoms with Gasteiger partial charge in [0.05, 0.1) is 16.9 Å². The molecule has 0 unspecified atom stereocenters. The minimum atomic E-state index is -1.06. The van der Waals surface area contributed by atoms with Crippen molar-refractivity contribution in [2.24, 2.45) is 5.41 Å². The molecule has 0 saturated heterocycles. The highest BCUT2D eigenvalue weighted by atomic mass is 127. The number of benzene rings is 1. The van der Waals surface area contributed by atoms with Gasteiger partial charge in [0, 0.05) is 29.8 Å². The van der Waals surface area contributed by atoms with Gasteiger partial charge in [-0.1, -0.05) is 18.5 Å². The number of nitrogens with zero attached hydrogens (tertiary/aromatic N) is 4. The summed E-state index contributed by atoms with van der Waals surface area (Å²) in [5.41, 5.74) is 1.23. The fourth-order valence-corrected chi connectivity index (χ4v) is 5.51. The lowest BCUT2D eigenvalue weighted by molar-refractivity contribution is -0.129. The molecule has 1 saturated carbocycles. The Morgan fingerprint density at radius 3 is 2.57 bits per heavy atom. The van der Waals surface area contributed by atoms with E-state index in [2.05, 4.69) is 38.0 Å². The van der Waals surface area contributed by atoms with Gasteiger partial charge in [0.2, 0.25) is 5.91 Å². The molecule has 0 spiro atoms. The van der Waals surface area contributed by atoms with Gasteiger partial charge in [-0.15, -0.1) is 0 Å². The summed E-state index contributed by atoms with van der Waals surface area (Å²) in [7, 11) is 0. The molecule has 2 amide bonds. The zero-order valence-corrected chi connectivity index (χ0v) is 22.5. The summed E-state index contributed by atoms with van der Waals surface area (Å²) >= 11 is 8.24. The van der Waals surface area contributed by atoms with Crippen LogP contribution in [0.4, 0.5) is 14.5 Å². The van der Waals surface area contributed by atoms with E-state index >= 15 is 0 Å². The molecule has 1 N–H and O–H groups in total. The van der Waals surface area contributed by atoms with E-state index in [9.17, 15) is 18.4 Å². The largest absolute Gasteiger partial charge is 0.349 e. The van der Waals surface area contributed by atoms with Crippen molar-refractivity contribution in [3.8, 4) is 0 Å². The summed E-state index contributed by atoms with van der Waals surface area (Å²) in [6, 6.07) is 3.62. The first-order valence-corrected chi connectivity index (χ1v) is 12.8. The van der Waals surface area contributed by atoms with Crippen LogP contribution in [0.25, 0.3) is 5.65 Å². The average molecular weight is 616 g/mol. The van der Waals surface area contributed by atoms with Gasteiger partial charge in [0.1, 0.15) is 9.26 Å². The number of nitrogens with one attached hydrogen (secondary N) is 1. The summed E-state index contributed by atoms with van der Waals surface area (Å²) in [6.45, 7) is 5.79. The fraction of sp³-hybridized carbons (Fsp3) is 0.417. The van der Waals surface area contributed by atoms with Crippen molar-refractivity contribution in [2.75, 3.05) is 11.4 Å². The van der Waals surface area contributed by atoms with E-state index in [1.165, 1.54) is 11.1 Å².